The molecule has 0 spiro atoms. The van der Waals surface area contributed by atoms with Gasteiger partial charge in [0.25, 0.3) is 0 Å². The standard InChI is InChI=1S/C15H30N4O6/c1-2-4-17(10-13(20)21)6-8-19(12-15(24)25)9-7-18(5-3-16)11-14(22)23/h2-12,16H2,1H3,(H,20,21)(H,22,23)(H,24,25). The smallest absolute Gasteiger partial charge is 0.317 e. The molecule has 0 aromatic rings. The summed E-state index contributed by atoms with van der Waals surface area (Å²) in [7, 11) is 0. The normalized spacial score (nSPS) is 11.4. The Balaban J connectivity index is 4.62. The highest BCUT2D eigenvalue weighted by Gasteiger charge is 2.16. The van der Waals surface area contributed by atoms with Crippen LogP contribution in [0.2, 0.25) is 0 Å². The van der Waals surface area contributed by atoms with Crippen LogP contribution in [0, 0.1) is 0 Å². The number of nitrogens with zero attached hydrogens (tertiary/aromatic N) is 3. The van der Waals surface area contributed by atoms with Gasteiger partial charge in [-0.3, -0.25) is 29.1 Å². The number of nitrogens with two attached hydrogens (primary N) is 1. The summed E-state index contributed by atoms with van der Waals surface area (Å²) < 4.78 is 0. The summed E-state index contributed by atoms with van der Waals surface area (Å²) in [6, 6.07) is 0. The fourth-order valence-corrected chi connectivity index (χ4v) is 2.45. The van der Waals surface area contributed by atoms with Gasteiger partial charge in [0, 0.05) is 39.3 Å². The average Bonchev–Trinajstić information content (AvgIpc) is 2.48. The minimum Gasteiger partial charge on any atom is -0.480 e. The van der Waals surface area contributed by atoms with Crippen molar-refractivity contribution in [3.05, 3.63) is 0 Å². The molecule has 0 radical (unpaired) electrons. The second-order valence-electron chi connectivity index (χ2n) is 5.80. The molecule has 0 saturated carbocycles. The fourth-order valence-electron chi connectivity index (χ4n) is 2.45. The summed E-state index contributed by atoms with van der Waals surface area (Å²) in [5.74, 6) is -2.87. The molecule has 10 nitrogen and oxygen atoms in total. The van der Waals surface area contributed by atoms with Crippen molar-refractivity contribution in [2.24, 2.45) is 5.73 Å². The highest BCUT2D eigenvalue weighted by molar-refractivity contribution is 5.69. The molecule has 0 unspecified atom stereocenters. The monoisotopic (exact) mass is 362 g/mol. The Hall–Kier alpha value is -1.75. The van der Waals surface area contributed by atoms with Crippen LogP contribution in [-0.2, 0) is 14.4 Å². The summed E-state index contributed by atoms with van der Waals surface area (Å²) in [5.41, 5.74) is 5.47. The first-order valence-corrected chi connectivity index (χ1v) is 8.31. The number of carbonyl (C=O) groups is 3. The Kier molecular flexibility index (Phi) is 12.6. The number of carboxylic acids is 3. The number of carboxylic acid groups (broad SMARTS) is 3. The van der Waals surface area contributed by atoms with Crippen LogP contribution in [0.5, 0.6) is 0 Å². The molecule has 146 valence electrons. The number of hydrogen-bond donors (Lipinski definition) is 4. The predicted octanol–water partition coefficient (Wildman–Crippen LogP) is -1.49. The molecule has 0 saturated heterocycles. The van der Waals surface area contributed by atoms with E-state index < -0.39 is 17.9 Å². The van der Waals surface area contributed by atoms with Gasteiger partial charge in [-0.25, -0.2) is 0 Å². The topological polar surface area (TPSA) is 148 Å². The lowest BCUT2D eigenvalue weighted by Gasteiger charge is -2.28. The van der Waals surface area contributed by atoms with Gasteiger partial charge in [-0.1, -0.05) is 6.92 Å². The van der Waals surface area contributed by atoms with E-state index in [0.29, 0.717) is 45.8 Å². The largest absolute Gasteiger partial charge is 0.480 e. The van der Waals surface area contributed by atoms with Crippen LogP contribution in [0.4, 0.5) is 0 Å². The van der Waals surface area contributed by atoms with E-state index in [4.69, 9.17) is 21.1 Å². The maximum atomic E-state index is 11.0. The lowest BCUT2D eigenvalue weighted by molar-refractivity contribution is -0.140. The predicted molar refractivity (Wildman–Crippen MR) is 91.6 cm³/mol. The molecule has 0 aliphatic carbocycles. The summed E-state index contributed by atoms with van der Waals surface area (Å²) in [6.45, 7) is 4.43. The minimum atomic E-state index is -0.983. The fraction of sp³-hybridized carbons (Fsp3) is 0.800. The highest BCUT2D eigenvalue weighted by Crippen LogP contribution is 1.97. The van der Waals surface area contributed by atoms with Gasteiger partial charge in [0.1, 0.15) is 0 Å². The zero-order valence-electron chi connectivity index (χ0n) is 14.8. The van der Waals surface area contributed by atoms with Crippen LogP contribution in [0.3, 0.4) is 0 Å². The quantitative estimate of drug-likeness (QED) is 0.256. The van der Waals surface area contributed by atoms with Crippen molar-refractivity contribution in [3.63, 3.8) is 0 Å². The molecule has 0 aliphatic heterocycles. The molecule has 0 aromatic heterocycles. The van der Waals surface area contributed by atoms with Gasteiger partial charge in [-0.2, -0.15) is 0 Å². The van der Waals surface area contributed by atoms with Gasteiger partial charge in [-0.15, -0.1) is 0 Å². The molecule has 0 rings (SSSR count). The molecule has 25 heavy (non-hydrogen) atoms. The van der Waals surface area contributed by atoms with E-state index in [9.17, 15) is 14.4 Å². The molecule has 0 atom stereocenters. The molecule has 0 heterocycles. The molecule has 10 heteroatoms. The summed E-state index contributed by atoms with van der Waals surface area (Å²) in [5, 5.41) is 26.8. The van der Waals surface area contributed by atoms with Gasteiger partial charge < -0.3 is 21.1 Å². The van der Waals surface area contributed by atoms with E-state index in [1.807, 2.05) is 6.92 Å². The molecular formula is C15H30N4O6. The molecule has 0 amide bonds. The van der Waals surface area contributed by atoms with E-state index in [-0.39, 0.29) is 19.6 Å². The van der Waals surface area contributed by atoms with Gasteiger partial charge in [-0.05, 0) is 13.0 Å². The first kappa shape index (κ1) is 23.2. The molecule has 0 fully saturated rings. The van der Waals surface area contributed by atoms with Crippen LogP contribution in [-0.4, -0.2) is 113 Å². The van der Waals surface area contributed by atoms with Crippen LogP contribution >= 0.6 is 0 Å². The lowest BCUT2D eigenvalue weighted by Crippen LogP contribution is -2.44. The maximum absolute atomic E-state index is 11.0. The molecule has 0 aromatic carbocycles. The van der Waals surface area contributed by atoms with Crippen molar-refractivity contribution < 1.29 is 29.7 Å². The molecular weight excluding hydrogens is 332 g/mol. The zero-order valence-corrected chi connectivity index (χ0v) is 14.8. The van der Waals surface area contributed by atoms with Crippen molar-refractivity contribution in [2.45, 2.75) is 13.3 Å². The maximum Gasteiger partial charge on any atom is 0.317 e. The Morgan fingerprint density at radius 3 is 1.28 bits per heavy atom. The number of hydrogen-bond acceptors (Lipinski definition) is 7. The first-order valence-electron chi connectivity index (χ1n) is 8.31. The van der Waals surface area contributed by atoms with Crippen LogP contribution in [0.1, 0.15) is 13.3 Å². The van der Waals surface area contributed by atoms with E-state index in [2.05, 4.69) is 0 Å². The van der Waals surface area contributed by atoms with Crippen molar-refractivity contribution >= 4 is 17.9 Å². The first-order chi connectivity index (χ1) is 11.8. The van der Waals surface area contributed by atoms with Crippen molar-refractivity contribution in [2.75, 3.05) is 65.4 Å². The SMILES string of the molecule is CCCN(CCN(CCN(CCN)CC(=O)O)CC(=O)O)CC(=O)O. The van der Waals surface area contributed by atoms with Gasteiger partial charge in [0.2, 0.25) is 0 Å². The zero-order chi connectivity index (χ0) is 19.2. The third-order valence-corrected chi connectivity index (χ3v) is 3.53. The van der Waals surface area contributed by atoms with Crippen LogP contribution in [0.15, 0.2) is 0 Å². The van der Waals surface area contributed by atoms with Crippen LogP contribution in [0.25, 0.3) is 0 Å². The van der Waals surface area contributed by atoms with Crippen molar-refractivity contribution in [1.82, 2.24) is 14.7 Å². The second-order valence-corrected chi connectivity index (χ2v) is 5.80. The number of rotatable bonds is 16. The highest BCUT2D eigenvalue weighted by atomic mass is 16.4. The van der Waals surface area contributed by atoms with Crippen LogP contribution < -0.4 is 5.73 Å². The van der Waals surface area contributed by atoms with Crippen molar-refractivity contribution in [3.8, 4) is 0 Å². The summed E-state index contributed by atoms with van der Waals surface area (Å²) in [6.07, 6.45) is 0.801. The average molecular weight is 362 g/mol. The van der Waals surface area contributed by atoms with E-state index in [1.165, 1.54) is 0 Å². The Morgan fingerprint density at radius 2 is 1.00 bits per heavy atom. The third kappa shape index (κ3) is 13.2. The van der Waals surface area contributed by atoms with E-state index in [1.54, 1.807) is 14.7 Å². The molecule has 5 N–H and O–H groups in total. The van der Waals surface area contributed by atoms with E-state index in [0.717, 1.165) is 6.42 Å². The second kappa shape index (κ2) is 13.5. The van der Waals surface area contributed by atoms with Crippen molar-refractivity contribution in [1.29, 1.82) is 0 Å². The molecule has 0 bridgehead atoms. The summed E-state index contributed by atoms with van der Waals surface area (Å²) >= 11 is 0. The number of aliphatic carboxylic acids is 3. The summed E-state index contributed by atoms with van der Waals surface area (Å²) in [4.78, 5) is 37.8. The van der Waals surface area contributed by atoms with Gasteiger partial charge in [0.05, 0.1) is 19.6 Å². The lowest BCUT2D eigenvalue weighted by atomic mass is 10.3. The minimum absolute atomic E-state index is 0.0902. The van der Waals surface area contributed by atoms with Gasteiger partial charge >= 0.3 is 17.9 Å². The van der Waals surface area contributed by atoms with Gasteiger partial charge in [0.15, 0.2) is 0 Å². The Morgan fingerprint density at radius 1 is 0.680 bits per heavy atom. The molecule has 0 aliphatic rings. The van der Waals surface area contributed by atoms with E-state index >= 15 is 0 Å². The Labute approximate surface area is 147 Å². The third-order valence-electron chi connectivity index (χ3n) is 3.53. The Bertz CT molecular complexity index is 391.